The molecule has 0 N–H and O–H groups in total. The second-order valence-corrected chi connectivity index (χ2v) is 11.1. The van der Waals surface area contributed by atoms with E-state index in [9.17, 15) is 0 Å². The van der Waals surface area contributed by atoms with E-state index in [-0.39, 0.29) is 0 Å². The molecular formula is C35H60N+. The van der Waals surface area contributed by atoms with Crippen LogP contribution in [0.2, 0.25) is 0 Å². The smallest absolute Gasteiger partial charge is 0.132 e. The number of quaternary nitrogens is 1. The van der Waals surface area contributed by atoms with Crippen LogP contribution in [0, 0.1) is 6.92 Å². The lowest BCUT2D eigenvalue weighted by molar-refractivity contribution is 0.334. The molecule has 204 valence electrons. The van der Waals surface area contributed by atoms with Crippen molar-refractivity contribution in [1.82, 2.24) is 4.48 Å². The Kier molecular flexibility index (Phi) is 20.3. The summed E-state index contributed by atoms with van der Waals surface area (Å²) < 4.78 is 1.08. The maximum atomic E-state index is 2.39. The number of benzene rings is 2. The Balaban J connectivity index is 0.000000789. The van der Waals surface area contributed by atoms with Crippen LogP contribution in [0.5, 0.6) is 0 Å². The summed E-state index contributed by atoms with van der Waals surface area (Å²) in [6, 6.07) is 21.3. The molecule has 2 rings (SSSR count). The largest absolute Gasteiger partial charge is 0.294 e. The Hall–Kier alpha value is -1.60. The number of hydrogen-bond acceptors (Lipinski definition) is 0. The fourth-order valence-electron chi connectivity index (χ4n) is 4.98. The van der Waals surface area contributed by atoms with Gasteiger partial charge in [-0.05, 0) is 38.8 Å². The Morgan fingerprint density at radius 1 is 0.472 bits per heavy atom. The minimum atomic E-state index is 1.08. The van der Waals surface area contributed by atoms with Crippen molar-refractivity contribution in [3.63, 3.8) is 0 Å². The van der Waals surface area contributed by atoms with E-state index in [1.165, 1.54) is 133 Å². The van der Waals surface area contributed by atoms with E-state index in [0.29, 0.717) is 0 Å². The summed E-state index contributed by atoms with van der Waals surface area (Å²) >= 11 is 0. The van der Waals surface area contributed by atoms with Crippen molar-refractivity contribution in [2.45, 2.75) is 130 Å². The molecule has 2 aromatic carbocycles. The molecule has 1 nitrogen and oxygen atoms in total. The number of nitrogens with zero attached hydrogens (tertiary/aromatic N) is 1. The first-order valence-corrected chi connectivity index (χ1v) is 15.5. The molecule has 1 unspecified atom stereocenters. The first-order valence-electron chi connectivity index (χ1n) is 15.5. The molecule has 0 saturated heterocycles. The van der Waals surface area contributed by atoms with Gasteiger partial charge in [0.1, 0.15) is 5.69 Å². The number of hydrogen-bond donors (Lipinski definition) is 0. The molecule has 36 heavy (non-hydrogen) atoms. The van der Waals surface area contributed by atoms with Crippen LogP contribution >= 0.6 is 0 Å². The van der Waals surface area contributed by atoms with Crippen LogP contribution in [0.1, 0.15) is 129 Å². The third-order valence-electron chi connectivity index (χ3n) is 7.77. The molecule has 0 amide bonds. The Bertz CT molecular complexity index is 695. The van der Waals surface area contributed by atoms with Gasteiger partial charge in [-0.25, -0.2) is 0 Å². The van der Waals surface area contributed by atoms with Gasteiger partial charge in [-0.2, -0.15) is 0 Å². The molecule has 0 radical (unpaired) electrons. The van der Waals surface area contributed by atoms with E-state index in [0.717, 1.165) is 4.48 Å². The lowest BCUT2D eigenvalue weighted by Crippen LogP contribution is -2.45. The van der Waals surface area contributed by atoms with Crippen molar-refractivity contribution in [1.29, 1.82) is 0 Å². The third kappa shape index (κ3) is 17.0. The molecule has 0 aliphatic rings. The van der Waals surface area contributed by atoms with Gasteiger partial charge in [0.15, 0.2) is 0 Å². The van der Waals surface area contributed by atoms with E-state index < -0.39 is 0 Å². The van der Waals surface area contributed by atoms with Crippen molar-refractivity contribution in [3.8, 4) is 0 Å². The molecule has 0 saturated carbocycles. The molecule has 0 aromatic heterocycles. The van der Waals surface area contributed by atoms with Crippen molar-refractivity contribution in [2.24, 2.45) is 0 Å². The van der Waals surface area contributed by atoms with E-state index in [1.54, 1.807) is 0 Å². The quantitative estimate of drug-likeness (QED) is 0.127. The maximum absolute atomic E-state index is 2.39. The highest BCUT2D eigenvalue weighted by atomic mass is 15.3. The van der Waals surface area contributed by atoms with Gasteiger partial charge >= 0.3 is 0 Å². The lowest BCUT2D eigenvalue weighted by Gasteiger charge is -2.33. The van der Waals surface area contributed by atoms with Crippen molar-refractivity contribution in [3.05, 3.63) is 66.2 Å². The fourth-order valence-corrected chi connectivity index (χ4v) is 4.98. The monoisotopic (exact) mass is 494 g/mol. The first kappa shape index (κ1) is 32.4. The average molecular weight is 495 g/mol. The Morgan fingerprint density at radius 3 is 1.17 bits per heavy atom. The third-order valence-corrected chi connectivity index (χ3v) is 7.77. The number of para-hydroxylation sites is 1. The number of aryl methyl sites for hydroxylation is 1. The SMILES string of the molecule is CCCCCCCCCCCCCCCCCCC[N+](C)(CC)c1ccccc1.Cc1ccccc1. The van der Waals surface area contributed by atoms with Crippen LogP contribution in [0.4, 0.5) is 5.69 Å². The second kappa shape index (κ2) is 22.6. The van der Waals surface area contributed by atoms with Crippen LogP contribution in [0.15, 0.2) is 60.7 Å². The summed E-state index contributed by atoms with van der Waals surface area (Å²) in [5.41, 5.74) is 2.79. The maximum Gasteiger partial charge on any atom is 0.132 e. The highest BCUT2D eigenvalue weighted by molar-refractivity contribution is 5.41. The topological polar surface area (TPSA) is 0 Å². The van der Waals surface area contributed by atoms with Gasteiger partial charge in [0.05, 0.1) is 20.1 Å². The van der Waals surface area contributed by atoms with Crippen molar-refractivity contribution in [2.75, 3.05) is 20.1 Å². The predicted molar refractivity (Wildman–Crippen MR) is 165 cm³/mol. The zero-order valence-corrected chi connectivity index (χ0v) is 24.7. The normalized spacial score (nSPS) is 12.6. The summed E-state index contributed by atoms with van der Waals surface area (Å²) in [5.74, 6) is 0. The summed E-state index contributed by atoms with van der Waals surface area (Å²) in [6.07, 6.45) is 24.6. The van der Waals surface area contributed by atoms with Gasteiger partial charge in [-0.1, -0.05) is 157 Å². The summed E-state index contributed by atoms with van der Waals surface area (Å²) in [5, 5.41) is 0. The first-order chi connectivity index (χ1) is 17.6. The fraction of sp³-hybridized carbons (Fsp3) is 0.657. The zero-order valence-electron chi connectivity index (χ0n) is 24.7. The molecule has 0 aliphatic carbocycles. The van der Waals surface area contributed by atoms with Gasteiger partial charge in [-0.15, -0.1) is 0 Å². The van der Waals surface area contributed by atoms with Crippen molar-refractivity contribution < 1.29 is 0 Å². The molecule has 0 spiro atoms. The van der Waals surface area contributed by atoms with Crippen LogP contribution in [0.25, 0.3) is 0 Å². The molecule has 0 fully saturated rings. The van der Waals surface area contributed by atoms with Crippen molar-refractivity contribution >= 4 is 5.69 Å². The predicted octanol–water partition coefficient (Wildman–Crippen LogP) is 11.3. The molecule has 0 bridgehead atoms. The van der Waals surface area contributed by atoms with Gasteiger partial charge < -0.3 is 0 Å². The van der Waals surface area contributed by atoms with Crippen LogP contribution < -0.4 is 4.48 Å². The van der Waals surface area contributed by atoms with E-state index in [4.69, 9.17) is 0 Å². The van der Waals surface area contributed by atoms with Gasteiger partial charge in [0.25, 0.3) is 0 Å². The number of unbranched alkanes of at least 4 members (excludes halogenated alkanes) is 16. The van der Waals surface area contributed by atoms with Gasteiger partial charge in [-0.3, -0.25) is 4.48 Å². The van der Waals surface area contributed by atoms with Gasteiger partial charge in [0, 0.05) is 0 Å². The van der Waals surface area contributed by atoms with Crippen LogP contribution in [-0.2, 0) is 0 Å². The summed E-state index contributed by atoms with van der Waals surface area (Å²) in [7, 11) is 2.39. The standard InChI is InChI=1S/C28H52N.C7H8/c1-4-6-7-8-9-10-11-12-13-14-15-16-17-18-19-20-24-27-29(3,5-2)28-25-22-21-23-26-28;1-7-5-3-2-4-6-7/h21-23,25-26H,4-20,24,27H2,1-3H3;2-6H,1H3/q+1;. The molecule has 1 heteroatoms. The Labute approximate surface area is 226 Å². The highest BCUT2D eigenvalue weighted by Crippen LogP contribution is 2.21. The number of rotatable bonds is 20. The average Bonchev–Trinajstić information content (AvgIpc) is 2.91. The minimum absolute atomic E-state index is 1.08. The molecule has 0 aliphatic heterocycles. The minimum Gasteiger partial charge on any atom is -0.294 e. The van der Waals surface area contributed by atoms with E-state index >= 15 is 0 Å². The molecule has 1 atom stereocenters. The van der Waals surface area contributed by atoms with E-state index in [2.05, 4.69) is 70.3 Å². The highest BCUT2D eigenvalue weighted by Gasteiger charge is 2.21. The van der Waals surface area contributed by atoms with Crippen LogP contribution in [-0.4, -0.2) is 20.1 Å². The summed E-state index contributed by atoms with van der Waals surface area (Å²) in [6.45, 7) is 9.16. The van der Waals surface area contributed by atoms with Crippen LogP contribution in [0.3, 0.4) is 0 Å². The molecular weight excluding hydrogens is 434 g/mol. The molecule has 0 heterocycles. The van der Waals surface area contributed by atoms with E-state index in [1.807, 2.05) is 18.2 Å². The zero-order chi connectivity index (χ0) is 26.2. The Morgan fingerprint density at radius 2 is 0.833 bits per heavy atom. The lowest BCUT2D eigenvalue weighted by atomic mass is 10.0. The van der Waals surface area contributed by atoms with Gasteiger partial charge in [0.2, 0.25) is 0 Å². The second-order valence-electron chi connectivity index (χ2n) is 11.1. The summed E-state index contributed by atoms with van der Waals surface area (Å²) in [4.78, 5) is 0. The molecule has 2 aromatic rings.